The number of pyridine rings is 1. The Morgan fingerprint density at radius 2 is 2.05 bits per heavy atom. The predicted octanol–water partition coefficient (Wildman–Crippen LogP) is 4.21. The Labute approximate surface area is 138 Å². The van der Waals surface area contributed by atoms with Crippen molar-refractivity contribution in [1.82, 2.24) is 4.98 Å². The zero-order valence-corrected chi connectivity index (χ0v) is 13.8. The van der Waals surface area contributed by atoms with Crippen LogP contribution in [-0.4, -0.2) is 18.7 Å². The number of hydrogen-bond donors (Lipinski definition) is 0. The number of nitrogens with zero attached hydrogens (tertiary/aromatic N) is 1. The maximum Gasteiger partial charge on any atom is 0.354 e. The SMILES string of the molecule is O=S1(=O)c2ccc(Oc3cncc(Cl)c3)c(Br)c2CC1(F)F. The van der Waals surface area contributed by atoms with Crippen LogP contribution >= 0.6 is 27.5 Å². The first-order chi connectivity index (χ1) is 10.2. The van der Waals surface area contributed by atoms with Gasteiger partial charge in [-0.2, -0.15) is 8.78 Å². The van der Waals surface area contributed by atoms with Crippen molar-refractivity contribution in [3.8, 4) is 11.5 Å². The Morgan fingerprint density at radius 3 is 2.73 bits per heavy atom. The van der Waals surface area contributed by atoms with Gasteiger partial charge in [-0.25, -0.2) is 8.42 Å². The summed E-state index contributed by atoms with van der Waals surface area (Å²) in [5.41, 5.74) is -0.00233. The van der Waals surface area contributed by atoms with Crippen LogP contribution in [0.5, 0.6) is 11.5 Å². The molecule has 0 radical (unpaired) electrons. The van der Waals surface area contributed by atoms with Gasteiger partial charge in [-0.3, -0.25) is 4.98 Å². The average molecular weight is 411 g/mol. The van der Waals surface area contributed by atoms with Crippen molar-refractivity contribution in [3.63, 3.8) is 0 Å². The highest BCUT2D eigenvalue weighted by molar-refractivity contribution is 9.10. The van der Waals surface area contributed by atoms with Gasteiger partial charge in [-0.1, -0.05) is 11.6 Å². The van der Waals surface area contributed by atoms with Crippen LogP contribution in [0.25, 0.3) is 0 Å². The first-order valence-electron chi connectivity index (χ1n) is 5.94. The molecule has 1 aromatic carbocycles. The molecule has 0 fully saturated rings. The molecule has 9 heteroatoms. The zero-order chi connectivity index (χ0) is 16.1. The molecular weight excluding hydrogens is 404 g/mol. The van der Waals surface area contributed by atoms with Gasteiger partial charge in [-0.05, 0) is 33.6 Å². The molecule has 1 aliphatic heterocycles. The Morgan fingerprint density at radius 1 is 1.32 bits per heavy atom. The van der Waals surface area contributed by atoms with E-state index in [0.717, 1.165) is 6.07 Å². The molecule has 0 atom stereocenters. The van der Waals surface area contributed by atoms with Crippen molar-refractivity contribution < 1.29 is 21.9 Å². The molecule has 0 saturated carbocycles. The number of ether oxygens (including phenoxy) is 1. The molecule has 0 N–H and O–H groups in total. The Bertz CT molecular complexity index is 874. The zero-order valence-electron chi connectivity index (χ0n) is 10.7. The molecular formula is C13H7BrClF2NO3S. The molecule has 0 spiro atoms. The Kier molecular flexibility index (Phi) is 3.65. The number of benzene rings is 1. The standard InChI is InChI=1S/C13H7BrClF2NO3S/c14-12-9-4-13(16,17)22(19,20)11(9)2-1-10(12)21-8-3-7(15)5-18-6-8/h1-3,5-6H,4H2. The number of fused-ring (bicyclic) bond motifs is 1. The van der Waals surface area contributed by atoms with Gasteiger partial charge in [0, 0.05) is 12.3 Å². The van der Waals surface area contributed by atoms with Gasteiger partial charge in [0.15, 0.2) is 0 Å². The van der Waals surface area contributed by atoms with Crippen molar-refractivity contribution in [2.45, 2.75) is 16.6 Å². The lowest BCUT2D eigenvalue weighted by atomic mass is 10.1. The Balaban J connectivity index is 2.05. The van der Waals surface area contributed by atoms with Gasteiger partial charge in [-0.15, -0.1) is 0 Å². The van der Waals surface area contributed by atoms with Gasteiger partial charge in [0.2, 0.25) is 9.84 Å². The van der Waals surface area contributed by atoms with Gasteiger partial charge >= 0.3 is 5.25 Å². The van der Waals surface area contributed by atoms with E-state index >= 15 is 0 Å². The van der Waals surface area contributed by atoms with E-state index in [9.17, 15) is 17.2 Å². The number of hydrogen-bond acceptors (Lipinski definition) is 4. The summed E-state index contributed by atoms with van der Waals surface area (Å²) in [6, 6.07) is 3.92. The lowest BCUT2D eigenvalue weighted by Crippen LogP contribution is -2.24. The third kappa shape index (κ3) is 2.39. The largest absolute Gasteiger partial charge is 0.454 e. The van der Waals surface area contributed by atoms with E-state index in [0.29, 0.717) is 10.8 Å². The van der Waals surface area contributed by atoms with Gasteiger partial charge in [0.25, 0.3) is 0 Å². The smallest absolute Gasteiger partial charge is 0.354 e. The number of alkyl halides is 2. The molecule has 116 valence electrons. The van der Waals surface area contributed by atoms with E-state index in [2.05, 4.69) is 20.9 Å². The van der Waals surface area contributed by atoms with Crippen molar-refractivity contribution >= 4 is 37.4 Å². The summed E-state index contributed by atoms with van der Waals surface area (Å²) in [4.78, 5) is 3.45. The summed E-state index contributed by atoms with van der Waals surface area (Å²) in [5.74, 6) is 0.511. The predicted molar refractivity (Wildman–Crippen MR) is 79.3 cm³/mol. The number of halogens is 4. The van der Waals surface area contributed by atoms with E-state index in [1.54, 1.807) is 0 Å². The lowest BCUT2D eigenvalue weighted by molar-refractivity contribution is 0.0981. The molecule has 2 aromatic rings. The van der Waals surface area contributed by atoms with Crippen LogP contribution in [0.2, 0.25) is 5.02 Å². The third-order valence-electron chi connectivity index (χ3n) is 3.14. The maximum absolute atomic E-state index is 13.6. The molecule has 0 unspecified atom stereocenters. The van der Waals surface area contributed by atoms with Crippen molar-refractivity contribution in [3.05, 3.63) is 45.7 Å². The number of sulfone groups is 1. The fraction of sp³-hybridized carbons (Fsp3) is 0.154. The summed E-state index contributed by atoms with van der Waals surface area (Å²) < 4.78 is 56.4. The summed E-state index contributed by atoms with van der Waals surface area (Å²) in [6.07, 6.45) is 1.92. The maximum atomic E-state index is 13.6. The highest BCUT2D eigenvalue weighted by atomic mass is 79.9. The fourth-order valence-corrected chi connectivity index (χ4v) is 4.38. The summed E-state index contributed by atoms with van der Waals surface area (Å²) >= 11 is 8.92. The van der Waals surface area contributed by atoms with Crippen molar-refractivity contribution in [2.24, 2.45) is 0 Å². The van der Waals surface area contributed by atoms with E-state index in [4.69, 9.17) is 16.3 Å². The normalized spacial score (nSPS) is 18.0. The molecule has 1 aliphatic rings. The van der Waals surface area contributed by atoms with Gasteiger partial charge in [0.05, 0.1) is 27.0 Å². The number of aromatic nitrogens is 1. The highest BCUT2D eigenvalue weighted by Crippen LogP contribution is 2.47. The van der Waals surface area contributed by atoms with Crippen LogP contribution in [-0.2, 0) is 16.3 Å². The topological polar surface area (TPSA) is 56.3 Å². The second kappa shape index (κ2) is 5.14. The summed E-state index contributed by atoms with van der Waals surface area (Å²) in [6.45, 7) is 0. The minimum absolute atomic E-state index is 0.00233. The number of rotatable bonds is 2. The molecule has 3 rings (SSSR count). The molecule has 2 heterocycles. The fourth-order valence-electron chi connectivity index (χ4n) is 2.11. The van der Waals surface area contributed by atoms with Crippen LogP contribution in [0.1, 0.15) is 5.56 Å². The minimum Gasteiger partial charge on any atom is -0.454 e. The van der Waals surface area contributed by atoms with Crippen LogP contribution in [0.15, 0.2) is 40.0 Å². The molecule has 0 saturated heterocycles. The second-order valence-corrected chi connectivity index (χ2v) is 7.89. The molecule has 4 nitrogen and oxygen atoms in total. The van der Waals surface area contributed by atoms with E-state index < -0.39 is 21.5 Å². The van der Waals surface area contributed by atoms with E-state index in [1.807, 2.05) is 0 Å². The van der Waals surface area contributed by atoms with E-state index in [1.165, 1.54) is 24.5 Å². The Hall–Kier alpha value is -1.25. The van der Waals surface area contributed by atoms with Crippen LogP contribution in [0.4, 0.5) is 8.78 Å². The van der Waals surface area contributed by atoms with Crippen molar-refractivity contribution in [1.29, 1.82) is 0 Å². The second-order valence-electron chi connectivity index (χ2n) is 4.61. The molecule has 22 heavy (non-hydrogen) atoms. The van der Waals surface area contributed by atoms with Crippen molar-refractivity contribution in [2.75, 3.05) is 0 Å². The monoisotopic (exact) mass is 409 g/mol. The van der Waals surface area contributed by atoms with E-state index in [-0.39, 0.29) is 20.7 Å². The first kappa shape index (κ1) is 15.6. The average Bonchev–Trinajstić information content (AvgIpc) is 2.60. The highest BCUT2D eigenvalue weighted by Gasteiger charge is 2.53. The minimum atomic E-state index is -4.66. The first-order valence-corrected chi connectivity index (χ1v) is 8.60. The summed E-state index contributed by atoms with van der Waals surface area (Å²) in [7, 11) is -4.66. The lowest BCUT2D eigenvalue weighted by Gasteiger charge is -2.10. The quantitative estimate of drug-likeness (QED) is 0.744. The van der Waals surface area contributed by atoms with Crippen LogP contribution < -0.4 is 4.74 Å². The summed E-state index contributed by atoms with van der Waals surface area (Å²) in [5, 5.41) is -3.46. The molecule has 0 amide bonds. The van der Waals surface area contributed by atoms with Crippen LogP contribution in [0, 0.1) is 0 Å². The molecule has 1 aromatic heterocycles. The molecule has 0 aliphatic carbocycles. The molecule has 0 bridgehead atoms. The van der Waals surface area contributed by atoms with Gasteiger partial charge < -0.3 is 4.74 Å². The van der Waals surface area contributed by atoms with Crippen LogP contribution in [0.3, 0.4) is 0 Å². The third-order valence-corrected chi connectivity index (χ3v) is 6.11. The van der Waals surface area contributed by atoms with Gasteiger partial charge in [0.1, 0.15) is 11.5 Å².